The first-order valence-corrected chi connectivity index (χ1v) is 8.46. The Balaban J connectivity index is 1.52. The molecule has 2 saturated heterocycles. The van der Waals surface area contributed by atoms with E-state index in [9.17, 15) is 9.90 Å². The summed E-state index contributed by atoms with van der Waals surface area (Å²) in [5.41, 5.74) is 0. The van der Waals surface area contributed by atoms with E-state index in [2.05, 4.69) is 4.90 Å². The number of methoxy groups -OCH3 is 1. The molecule has 6 heteroatoms. The summed E-state index contributed by atoms with van der Waals surface area (Å²) in [5.74, 6) is 1.03. The van der Waals surface area contributed by atoms with Crippen molar-refractivity contribution in [1.82, 2.24) is 9.80 Å². The molecular weight excluding hydrogens is 296 g/mol. The monoisotopic (exact) mass is 322 g/mol. The minimum atomic E-state index is -0.189. The van der Waals surface area contributed by atoms with Gasteiger partial charge in [-0.25, -0.2) is 0 Å². The lowest BCUT2D eigenvalue weighted by molar-refractivity contribution is 0.0233. The van der Waals surface area contributed by atoms with Crippen LogP contribution in [0.15, 0.2) is 16.5 Å². The van der Waals surface area contributed by atoms with Crippen LogP contribution in [0.3, 0.4) is 0 Å². The molecule has 23 heavy (non-hydrogen) atoms. The molecule has 6 nitrogen and oxygen atoms in total. The van der Waals surface area contributed by atoms with Gasteiger partial charge in [0.15, 0.2) is 5.76 Å². The molecule has 0 bridgehead atoms. The Morgan fingerprint density at radius 3 is 2.78 bits per heavy atom. The average Bonchev–Trinajstić information content (AvgIpc) is 3.03. The number of ether oxygens (including phenoxy) is 1. The van der Waals surface area contributed by atoms with E-state index in [1.165, 1.54) is 0 Å². The number of nitrogens with zero attached hydrogens (tertiary/aromatic N) is 2. The first kappa shape index (κ1) is 16.5. The Morgan fingerprint density at radius 1 is 1.30 bits per heavy atom. The quantitative estimate of drug-likeness (QED) is 0.910. The minimum Gasteiger partial charge on any atom is -0.453 e. The lowest BCUT2D eigenvalue weighted by Crippen LogP contribution is -2.50. The zero-order chi connectivity index (χ0) is 16.2. The Hall–Kier alpha value is -1.37. The first-order chi connectivity index (χ1) is 11.2. The number of carbonyl (C=O) groups is 1. The molecule has 0 unspecified atom stereocenters. The van der Waals surface area contributed by atoms with E-state index in [1.54, 1.807) is 19.2 Å². The van der Waals surface area contributed by atoms with Gasteiger partial charge in [0.2, 0.25) is 0 Å². The fourth-order valence-corrected chi connectivity index (χ4v) is 3.62. The van der Waals surface area contributed by atoms with Crippen molar-refractivity contribution < 1.29 is 19.1 Å². The van der Waals surface area contributed by atoms with E-state index in [0.29, 0.717) is 24.2 Å². The molecule has 1 N–H and O–H groups in total. The van der Waals surface area contributed by atoms with Crippen molar-refractivity contribution in [2.24, 2.45) is 0 Å². The summed E-state index contributed by atoms with van der Waals surface area (Å²) in [6.07, 6.45) is 3.71. The Labute approximate surface area is 137 Å². The lowest BCUT2D eigenvalue weighted by atomic mass is 9.99. The number of amides is 1. The number of likely N-dealkylation sites (tertiary alicyclic amines) is 2. The van der Waals surface area contributed by atoms with Gasteiger partial charge in [0, 0.05) is 32.8 Å². The predicted octanol–water partition coefficient (Wildman–Crippen LogP) is 1.49. The zero-order valence-corrected chi connectivity index (χ0v) is 13.7. The normalized spacial score (nSPS) is 24.1. The van der Waals surface area contributed by atoms with E-state index in [4.69, 9.17) is 9.15 Å². The summed E-state index contributed by atoms with van der Waals surface area (Å²) in [6.45, 7) is 3.71. The van der Waals surface area contributed by atoms with Crippen molar-refractivity contribution in [3.8, 4) is 0 Å². The molecule has 0 saturated carbocycles. The van der Waals surface area contributed by atoms with Gasteiger partial charge in [-0.1, -0.05) is 0 Å². The van der Waals surface area contributed by atoms with Gasteiger partial charge in [-0.3, -0.25) is 9.69 Å². The SMILES string of the molecule is COCc1ccc(C(=O)N2CCC(N3CCC[C@H](O)C3)CC2)o1. The van der Waals surface area contributed by atoms with Crippen LogP contribution in [-0.4, -0.2) is 66.2 Å². The highest BCUT2D eigenvalue weighted by Gasteiger charge is 2.30. The summed E-state index contributed by atoms with van der Waals surface area (Å²) in [7, 11) is 1.60. The van der Waals surface area contributed by atoms with Crippen LogP contribution >= 0.6 is 0 Å². The first-order valence-electron chi connectivity index (χ1n) is 8.46. The van der Waals surface area contributed by atoms with Crippen molar-refractivity contribution in [2.45, 2.75) is 44.4 Å². The van der Waals surface area contributed by atoms with Crippen LogP contribution in [0, 0.1) is 0 Å². The summed E-state index contributed by atoms with van der Waals surface area (Å²) in [4.78, 5) is 16.7. The lowest BCUT2D eigenvalue weighted by Gasteiger charge is -2.41. The molecule has 1 aromatic rings. The molecule has 0 aliphatic carbocycles. The summed E-state index contributed by atoms with van der Waals surface area (Å²) in [6, 6.07) is 4.00. The molecule has 1 amide bonds. The van der Waals surface area contributed by atoms with E-state index in [1.807, 2.05) is 4.90 Å². The van der Waals surface area contributed by atoms with E-state index in [0.717, 1.165) is 51.9 Å². The highest BCUT2D eigenvalue weighted by Crippen LogP contribution is 2.22. The second kappa shape index (κ2) is 7.47. The molecule has 1 aromatic heterocycles. The Bertz CT molecular complexity index is 522. The zero-order valence-electron chi connectivity index (χ0n) is 13.7. The molecule has 2 aliphatic heterocycles. The maximum absolute atomic E-state index is 12.5. The number of hydrogen-bond donors (Lipinski definition) is 1. The maximum atomic E-state index is 12.5. The number of carbonyl (C=O) groups excluding carboxylic acids is 1. The van der Waals surface area contributed by atoms with Gasteiger partial charge in [-0.2, -0.15) is 0 Å². The van der Waals surface area contributed by atoms with Gasteiger partial charge in [0.1, 0.15) is 12.4 Å². The van der Waals surface area contributed by atoms with Gasteiger partial charge in [0.25, 0.3) is 5.91 Å². The number of piperidine rings is 2. The van der Waals surface area contributed by atoms with E-state index >= 15 is 0 Å². The van der Waals surface area contributed by atoms with Crippen LogP contribution in [0.2, 0.25) is 0 Å². The number of β-amino-alcohol motifs (C(OH)–C–C–N with tert-alkyl or cyclic N) is 1. The van der Waals surface area contributed by atoms with E-state index in [-0.39, 0.29) is 12.0 Å². The third-order valence-electron chi connectivity index (χ3n) is 4.86. The Kier molecular flexibility index (Phi) is 5.35. The van der Waals surface area contributed by atoms with Crippen LogP contribution < -0.4 is 0 Å². The van der Waals surface area contributed by atoms with E-state index < -0.39 is 0 Å². The molecule has 2 aliphatic rings. The largest absolute Gasteiger partial charge is 0.453 e. The smallest absolute Gasteiger partial charge is 0.289 e. The minimum absolute atomic E-state index is 0.0375. The van der Waals surface area contributed by atoms with Crippen LogP contribution in [0.25, 0.3) is 0 Å². The van der Waals surface area contributed by atoms with Crippen LogP contribution in [0.1, 0.15) is 42.0 Å². The molecule has 0 radical (unpaired) electrons. The van der Waals surface area contributed by atoms with Gasteiger partial charge in [-0.15, -0.1) is 0 Å². The molecule has 0 aromatic carbocycles. The Morgan fingerprint density at radius 2 is 2.09 bits per heavy atom. The molecule has 2 fully saturated rings. The van der Waals surface area contributed by atoms with Crippen molar-refractivity contribution in [3.05, 3.63) is 23.7 Å². The second-order valence-corrected chi connectivity index (χ2v) is 6.51. The highest BCUT2D eigenvalue weighted by atomic mass is 16.5. The molecule has 0 spiro atoms. The van der Waals surface area contributed by atoms with Gasteiger partial charge < -0.3 is 19.2 Å². The molecular formula is C17H26N2O4. The second-order valence-electron chi connectivity index (χ2n) is 6.51. The third kappa shape index (κ3) is 3.94. The molecule has 3 rings (SSSR count). The van der Waals surface area contributed by atoms with Crippen molar-refractivity contribution in [3.63, 3.8) is 0 Å². The summed E-state index contributed by atoms with van der Waals surface area (Å²) >= 11 is 0. The topological polar surface area (TPSA) is 66.2 Å². The standard InChI is InChI=1S/C17H26N2O4/c1-22-12-15-4-5-16(23-15)17(21)18-9-6-13(7-10-18)19-8-2-3-14(20)11-19/h4-5,13-14,20H,2-3,6-12H2,1H3/t14-/m0/s1. The van der Waals surface area contributed by atoms with Crippen LogP contribution in [0.5, 0.6) is 0 Å². The number of hydrogen-bond acceptors (Lipinski definition) is 5. The van der Waals surface area contributed by atoms with Gasteiger partial charge in [-0.05, 0) is 44.4 Å². The average molecular weight is 322 g/mol. The van der Waals surface area contributed by atoms with Crippen LogP contribution in [0.4, 0.5) is 0 Å². The van der Waals surface area contributed by atoms with Crippen LogP contribution in [-0.2, 0) is 11.3 Å². The van der Waals surface area contributed by atoms with Crippen molar-refractivity contribution >= 4 is 5.91 Å². The number of furan rings is 1. The van der Waals surface area contributed by atoms with Gasteiger partial charge in [0.05, 0.1) is 6.10 Å². The number of aliphatic hydroxyl groups is 1. The number of rotatable bonds is 4. The third-order valence-corrected chi connectivity index (χ3v) is 4.86. The predicted molar refractivity (Wildman–Crippen MR) is 85.2 cm³/mol. The number of aliphatic hydroxyl groups excluding tert-OH is 1. The highest BCUT2D eigenvalue weighted by molar-refractivity contribution is 5.91. The molecule has 3 heterocycles. The van der Waals surface area contributed by atoms with Gasteiger partial charge >= 0.3 is 0 Å². The van der Waals surface area contributed by atoms with Crippen molar-refractivity contribution in [1.29, 1.82) is 0 Å². The molecule has 1 atom stereocenters. The maximum Gasteiger partial charge on any atom is 0.289 e. The summed E-state index contributed by atoms with van der Waals surface area (Å²) < 4.78 is 10.5. The van der Waals surface area contributed by atoms with Crippen molar-refractivity contribution in [2.75, 3.05) is 33.3 Å². The molecule has 128 valence electrons. The fraction of sp³-hybridized carbons (Fsp3) is 0.706. The fourth-order valence-electron chi connectivity index (χ4n) is 3.62. The summed E-state index contributed by atoms with van der Waals surface area (Å²) in [5, 5.41) is 9.82.